The number of rotatable bonds is 5. The Morgan fingerprint density at radius 2 is 2.14 bits per heavy atom. The lowest BCUT2D eigenvalue weighted by molar-refractivity contribution is 0.0740. The van der Waals surface area contributed by atoms with Crippen LogP contribution in [-0.4, -0.2) is 32.5 Å². The fraction of sp³-hybridized carbons (Fsp3) is 0.333. The number of nitrogens with zero attached hydrogens (tertiary/aromatic N) is 4. The third-order valence-corrected chi connectivity index (χ3v) is 3.23. The molecule has 0 aliphatic rings. The van der Waals surface area contributed by atoms with Crippen molar-refractivity contribution in [2.45, 2.75) is 26.8 Å². The SMILES string of the molecule is CCc1nc(C(=O)N(CC)Cc2ccccc2C#N)n[nH]1. The fourth-order valence-corrected chi connectivity index (χ4v) is 1.99. The lowest BCUT2D eigenvalue weighted by Crippen LogP contribution is -2.31. The second-order valence-corrected chi connectivity index (χ2v) is 4.55. The summed E-state index contributed by atoms with van der Waals surface area (Å²) in [5.74, 6) is 0.621. The van der Waals surface area contributed by atoms with Gasteiger partial charge in [0.05, 0.1) is 11.6 Å². The summed E-state index contributed by atoms with van der Waals surface area (Å²) in [5.41, 5.74) is 1.40. The monoisotopic (exact) mass is 283 g/mol. The van der Waals surface area contributed by atoms with Gasteiger partial charge in [0.15, 0.2) is 0 Å². The highest BCUT2D eigenvalue weighted by molar-refractivity contribution is 5.90. The second-order valence-electron chi connectivity index (χ2n) is 4.55. The van der Waals surface area contributed by atoms with Gasteiger partial charge >= 0.3 is 0 Å². The van der Waals surface area contributed by atoms with Crippen molar-refractivity contribution in [1.82, 2.24) is 20.1 Å². The van der Waals surface area contributed by atoms with E-state index in [0.717, 1.165) is 5.56 Å². The second kappa shape index (κ2) is 6.66. The van der Waals surface area contributed by atoms with Crippen molar-refractivity contribution in [3.05, 3.63) is 47.0 Å². The number of carbonyl (C=O) groups is 1. The van der Waals surface area contributed by atoms with E-state index in [1.54, 1.807) is 11.0 Å². The van der Waals surface area contributed by atoms with Gasteiger partial charge in [0.25, 0.3) is 5.91 Å². The smallest absolute Gasteiger partial charge is 0.293 e. The average molecular weight is 283 g/mol. The number of hydrogen-bond donors (Lipinski definition) is 1. The Morgan fingerprint density at radius 3 is 2.76 bits per heavy atom. The van der Waals surface area contributed by atoms with Crippen LogP contribution in [0.15, 0.2) is 24.3 Å². The van der Waals surface area contributed by atoms with E-state index in [2.05, 4.69) is 21.3 Å². The highest BCUT2D eigenvalue weighted by Crippen LogP contribution is 2.12. The van der Waals surface area contributed by atoms with E-state index in [0.29, 0.717) is 30.9 Å². The van der Waals surface area contributed by atoms with Crippen LogP contribution in [0.4, 0.5) is 0 Å². The van der Waals surface area contributed by atoms with Gasteiger partial charge in [-0.25, -0.2) is 4.98 Å². The zero-order valence-corrected chi connectivity index (χ0v) is 12.1. The Balaban J connectivity index is 2.20. The molecule has 0 aliphatic heterocycles. The summed E-state index contributed by atoms with van der Waals surface area (Å²) < 4.78 is 0. The van der Waals surface area contributed by atoms with Gasteiger partial charge in [0.1, 0.15) is 5.82 Å². The molecule has 0 aliphatic carbocycles. The number of aromatic nitrogens is 3. The zero-order chi connectivity index (χ0) is 15.2. The number of aromatic amines is 1. The molecular weight excluding hydrogens is 266 g/mol. The van der Waals surface area contributed by atoms with Gasteiger partial charge in [0, 0.05) is 19.5 Å². The minimum absolute atomic E-state index is 0.170. The molecule has 6 nitrogen and oxygen atoms in total. The zero-order valence-electron chi connectivity index (χ0n) is 12.1. The normalized spacial score (nSPS) is 10.1. The minimum Gasteiger partial charge on any atom is -0.332 e. The maximum absolute atomic E-state index is 12.4. The molecule has 108 valence electrons. The molecule has 21 heavy (non-hydrogen) atoms. The molecule has 0 radical (unpaired) electrons. The van der Waals surface area contributed by atoms with Crippen molar-refractivity contribution in [3.63, 3.8) is 0 Å². The fourth-order valence-electron chi connectivity index (χ4n) is 1.99. The van der Waals surface area contributed by atoms with Crippen LogP contribution in [0.5, 0.6) is 0 Å². The number of aryl methyl sites for hydroxylation is 1. The number of H-pyrrole nitrogens is 1. The number of carbonyl (C=O) groups excluding carboxylic acids is 1. The van der Waals surface area contributed by atoms with Crippen LogP contribution in [0.1, 0.15) is 41.4 Å². The van der Waals surface area contributed by atoms with Crippen molar-refractivity contribution < 1.29 is 4.79 Å². The van der Waals surface area contributed by atoms with Gasteiger partial charge in [-0.1, -0.05) is 25.1 Å². The molecule has 2 rings (SSSR count). The summed E-state index contributed by atoms with van der Waals surface area (Å²) >= 11 is 0. The van der Waals surface area contributed by atoms with Crippen LogP contribution in [-0.2, 0) is 13.0 Å². The highest BCUT2D eigenvalue weighted by Gasteiger charge is 2.19. The van der Waals surface area contributed by atoms with E-state index in [4.69, 9.17) is 5.26 Å². The molecule has 0 spiro atoms. The molecule has 1 N–H and O–H groups in total. The van der Waals surface area contributed by atoms with Crippen molar-refractivity contribution in [2.24, 2.45) is 0 Å². The van der Waals surface area contributed by atoms with Gasteiger partial charge in [-0.3, -0.25) is 9.89 Å². The first-order chi connectivity index (χ1) is 10.2. The molecule has 1 aromatic carbocycles. The van der Waals surface area contributed by atoms with Crippen LogP contribution in [0.25, 0.3) is 0 Å². The number of amides is 1. The van der Waals surface area contributed by atoms with Crippen LogP contribution >= 0.6 is 0 Å². The number of nitrogens with one attached hydrogen (secondary N) is 1. The molecule has 6 heteroatoms. The first kappa shape index (κ1) is 14.7. The minimum atomic E-state index is -0.235. The van der Waals surface area contributed by atoms with Gasteiger partial charge in [0.2, 0.25) is 5.82 Å². The molecule has 0 saturated carbocycles. The Morgan fingerprint density at radius 1 is 1.38 bits per heavy atom. The van der Waals surface area contributed by atoms with E-state index in [1.165, 1.54) is 0 Å². The predicted octanol–water partition coefficient (Wildman–Crippen LogP) is 1.90. The summed E-state index contributed by atoms with van der Waals surface area (Å²) in [6.45, 7) is 4.72. The molecule has 0 bridgehead atoms. The summed E-state index contributed by atoms with van der Waals surface area (Å²) in [4.78, 5) is 18.2. The molecule has 1 heterocycles. The summed E-state index contributed by atoms with van der Waals surface area (Å²) in [5, 5.41) is 15.8. The largest absolute Gasteiger partial charge is 0.332 e. The summed E-state index contributed by atoms with van der Waals surface area (Å²) in [6.07, 6.45) is 0.698. The third-order valence-electron chi connectivity index (χ3n) is 3.23. The Kier molecular flexibility index (Phi) is 4.67. The van der Waals surface area contributed by atoms with Gasteiger partial charge in [-0.05, 0) is 18.6 Å². The summed E-state index contributed by atoms with van der Waals surface area (Å²) in [7, 11) is 0. The first-order valence-corrected chi connectivity index (χ1v) is 6.88. The third kappa shape index (κ3) is 3.26. The molecule has 1 aromatic heterocycles. The number of benzene rings is 1. The summed E-state index contributed by atoms with van der Waals surface area (Å²) in [6, 6.07) is 9.40. The van der Waals surface area contributed by atoms with Crippen LogP contribution in [0, 0.1) is 11.3 Å². The Bertz CT molecular complexity index is 671. The van der Waals surface area contributed by atoms with Gasteiger partial charge in [-0.15, -0.1) is 5.10 Å². The number of hydrogen-bond acceptors (Lipinski definition) is 4. The Hall–Kier alpha value is -2.68. The predicted molar refractivity (Wildman–Crippen MR) is 77.3 cm³/mol. The Labute approximate surface area is 123 Å². The standard InChI is InChI=1S/C15H17N5O/c1-3-13-17-14(19-18-13)15(21)20(4-2)10-12-8-6-5-7-11(12)9-16/h5-8H,3-4,10H2,1-2H3,(H,17,18,19). The molecular formula is C15H17N5O. The maximum atomic E-state index is 12.4. The molecule has 0 atom stereocenters. The van der Waals surface area contributed by atoms with E-state index >= 15 is 0 Å². The van der Waals surface area contributed by atoms with Gasteiger partial charge < -0.3 is 4.90 Å². The highest BCUT2D eigenvalue weighted by atomic mass is 16.2. The quantitative estimate of drug-likeness (QED) is 0.908. The first-order valence-electron chi connectivity index (χ1n) is 6.88. The van der Waals surface area contributed by atoms with E-state index in [-0.39, 0.29) is 11.7 Å². The van der Waals surface area contributed by atoms with E-state index < -0.39 is 0 Å². The number of nitriles is 1. The van der Waals surface area contributed by atoms with E-state index in [1.807, 2.05) is 32.0 Å². The van der Waals surface area contributed by atoms with E-state index in [9.17, 15) is 4.79 Å². The lowest BCUT2D eigenvalue weighted by atomic mass is 10.1. The van der Waals surface area contributed by atoms with Crippen molar-refractivity contribution in [1.29, 1.82) is 5.26 Å². The van der Waals surface area contributed by atoms with Crippen molar-refractivity contribution >= 4 is 5.91 Å². The molecule has 1 amide bonds. The van der Waals surface area contributed by atoms with Crippen LogP contribution in [0.3, 0.4) is 0 Å². The van der Waals surface area contributed by atoms with Crippen LogP contribution in [0.2, 0.25) is 0 Å². The molecule has 0 unspecified atom stereocenters. The molecule has 2 aromatic rings. The topological polar surface area (TPSA) is 85.7 Å². The maximum Gasteiger partial charge on any atom is 0.293 e. The molecule has 0 fully saturated rings. The van der Waals surface area contributed by atoms with Gasteiger partial charge in [-0.2, -0.15) is 5.26 Å². The molecule has 0 saturated heterocycles. The van der Waals surface area contributed by atoms with Crippen molar-refractivity contribution in [3.8, 4) is 6.07 Å². The van der Waals surface area contributed by atoms with Crippen LogP contribution < -0.4 is 0 Å². The lowest BCUT2D eigenvalue weighted by Gasteiger charge is -2.19. The average Bonchev–Trinajstić information content (AvgIpc) is 3.01. The van der Waals surface area contributed by atoms with Crippen molar-refractivity contribution in [2.75, 3.05) is 6.54 Å².